The van der Waals surface area contributed by atoms with Crippen LogP contribution in [0, 0.1) is 10.1 Å². The lowest BCUT2D eigenvalue weighted by Gasteiger charge is -2.30. The minimum absolute atomic E-state index is 0.0319. The van der Waals surface area contributed by atoms with E-state index in [2.05, 4.69) is 5.32 Å². The Bertz CT molecular complexity index is 391. The summed E-state index contributed by atoms with van der Waals surface area (Å²) in [4.78, 5) is 10.5. The molecule has 0 aliphatic carbocycles. The first kappa shape index (κ1) is 11.0. The lowest BCUT2D eigenvalue weighted by molar-refractivity contribution is -0.385. The molecule has 1 aliphatic heterocycles. The summed E-state index contributed by atoms with van der Waals surface area (Å²) >= 11 is 0. The molecule has 1 fully saturated rings. The van der Waals surface area contributed by atoms with E-state index in [1.165, 1.54) is 6.07 Å². The molecule has 1 saturated heterocycles. The molecule has 1 unspecified atom stereocenters. The van der Waals surface area contributed by atoms with Crippen molar-refractivity contribution in [3.05, 3.63) is 39.9 Å². The van der Waals surface area contributed by atoms with Crippen LogP contribution in [0.3, 0.4) is 0 Å². The molecule has 1 aromatic rings. The van der Waals surface area contributed by atoms with Crippen LogP contribution in [0.15, 0.2) is 24.3 Å². The highest BCUT2D eigenvalue weighted by atomic mass is 16.6. The number of ether oxygens (including phenoxy) is 1. The van der Waals surface area contributed by atoms with Crippen LogP contribution in [0.2, 0.25) is 0 Å². The fourth-order valence-corrected chi connectivity index (χ4v) is 1.80. The van der Waals surface area contributed by atoms with E-state index in [1.54, 1.807) is 12.1 Å². The molecule has 1 atom stereocenters. The van der Waals surface area contributed by atoms with Crippen LogP contribution in [0.25, 0.3) is 0 Å². The summed E-state index contributed by atoms with van der Waals surface area (Å²) in [6.07, 6.45) is 0. The highest BCUT2D eigenvalue weighted by Gasteiger charge is 2.24. The van der Waals surface area contributed by atoms with E-state index in [4.69, 9.17) is 4.74 Å². The van der Waals surface area contributed by atoms with Crippen molar-refractivity contribution in [3.63, 3.8) is 0 Å². The number of nitro benzene ring substituents is 1. The third-order valence-electron chi connectivity index (χ3n) is 2.72. The number of hydrogen-bond donors (Lipinski definition) is 1. The molecule has 0 saturated carbocycles. The van der Waals surface area contributed by atoms with Crippen molar-refractivity contribution in [3.8, 4) is 0 Å². The summed E-state index contributed by atoms with van der Waals surface area (Å²) in [6.45, 7) is 3.30. The van der Waals surface area contributed by atoms with Crippen molar-refractivity contribution in [2.24, 2.45) is 0 Å². The van der Waals surface area contributed by atoms with E-state index in [0.717, 1.165) is 5.56 Å². The molecule has 0 spiro atoms. The molecule has 5 nitrogen and oxygen atoms in total. The molecular formula is C11H14N2O3. The third-order valence-corrected chi connectivity index (χ3v) is 2.72. The zero-order valence-electron chi connectivity index (χ0n) is 9.05. The molecule has 1 aliphatic rings. The average Bonchev–Trinajstić information content (AvgIpc) is 2.23. The second-order valence-corrected chi connectivity index (χ2v) is 3.94. The lowest BCUT2D eigenvalue weighted by Crippen LogP contribution is -2.46. The summed E-state index contributed by atoms with van der Waals surface area (Å²) < 4.78 is 5.05. The molecule has 1 N–H and O–H groups in total. The van der Waals surface area contributed by atoms with Gasteiger partial charge in [0.15, 0.2) is 0 Å². The Morgan fingerprint density at radius 1 is 1.50 bits per heavy atom. The van der Waals surface area contributed by atoms with Gasteiger partial charge in [0.05, 0.1) is 24.2 Å². The van der Waals surface area contributed by atoms with Crippen LogP contribution < -0.4 is 5.32 Å². The SMILES string of the molecule is CC(NC1COC1)c1ccccc1[N+](=O)[O-]. The predicted octanol–water partition coefficient (Wildman–Crippen LogP) is 1.64. The summed E-state index contributed by atoms with van der Waals surface area (Å²) in [6, 6.07) is 7.10. The Balaban J connectivity index is 2.14. The molecular weight excluding hydrogens is 208 g/mol. The molecule has 86 valence electrons. The van der Waals surface area contributed by atoms with E-state index in [0.29, 0.717) is 19.3 Å². The second kappa shape index (κ2) is 4.59. The van der Waals surface area contributed by atoms with Gasteiger partial charge in [0.2, 0.25) is 0 Å². The molecule has 5 heteroatoms. The maximum atomic E-state index is 10.8. The number of benzene rings is 1. The zero-order chi connectivity index (χ0) is 11.5. The van der Waals surface area contributed by atoms with E-state index in [1.807, 2.05) is 13.0 Å². The van der Waals surface area contributed by atoms with Gasteiger partial charge >= 0.3 is 0 Å². The largest absolute Gasteiger partial charge is 0.378 e. The Hall–Kier alpha value is -1.46. The third kappa shape index (κ3) is 2.20. The molecule has 2 rings (SSSR count). The smallest absolute Gasteiger partial charge is 0.274 e. The Morgan fingerprint density at radius 2 is 2.19 bits per heavy atom. The first-order valence-corrected chi connectivity index (χ1v) is 5.25. The Kier molecular flexibility index (Phi) is 3.17. The lowest BCUT2D eigenvalue weighted by atomic mass is 10.0. The maximum absolute atomic E-state index is 10.8. The highest BCUT2D eigenvalue weighted by molar-refractivity contribution is 5.41. The number of nitro groups is 1. The molecule has 0 aromatic heterocycles. The highest BCUT2D eigenvalue weighted by Crippen LogP contribution is 2.25. The van der Waals surface area contributed by atoms with E-state index in [9.17, 15) is 10.1 Å². The topological polar surface area (TPSA) is 64.4 Å². The van der Waals surface area contributed by atoms with E-state index in [-0.39, 0.29) is 16.7 Å². The van der Waals surface area contributed by atoms with Gasteiger partial charge in [-0.25, -0.2) is 0 Å². The van der Waals surface area contributed by atoms with Gasteiger partial charge < -0.3 is 10.1 Å². The molecule has 1 heterocycles. The van der Waals surface area contributed by atoms with Crippen LogP contribution in [-0.4, -0.2) is 24.2 Å². The molecule has 1 aromatic carbocycles. The predicted molar refractivity (Wildman–Crippen MR) is 59.3 cm³/mol. The minimum Gasteiger partial charge on any atom is -0.378 e. The van der Waals surface area contributed by atoms with Gasteiger partial charge in [-0.05, 0) is 6.92 Å². The molecule has 0 bridgehead atoms. The normalized spacial score (nSPS) is 17.8. The van der Waals surface area contributed by atoms with Crippen LogP contribution in [0.1, 0.15) is 18.5 Å². The van der Waals surface area contributed by atoms with Gasteiger partial charge in [-0.1, -0.05) is 18.2 Å². The first-order valence-electron chi connectivity index (χ1n) is 5.25. The quantitative estimate of drug-likeness (QED) is 0.621. The van der Waals surface area contributed by atoms with Crippen molar-refractivity contribution in [2.45, 2.75) is 19.0 Å². The van der Waals surface area contributed by atoms with Gasteiger partial charge in [-0.3, -0.25) is 10.1 Å². The van der Waals surface area contributed by atoms with E-state index < -0.39 is 0 Å². The summed E-state index contributed by atoms with van der Waals surface area (Å²) in [5, 5.41) is 14.1. The van der Waals surface area contributed by atoms with Crippen molar-refractivity contribution >= 4 is 5.69 Å². The van der Waals surface area contributed by atoms with Crippen LogP contribution in [0.4, 0.5) is 5.69 Å². The van der Waals surface area contributed by atoms with Crippen molar-refractivity contribution in [1.29, 1.82) is 0 Å². The van der Waals surface area contributed by atoms with Gasteiger partial charge in [0.1, 0.15) is 0 Å². The average molecular weight is 222 g/mol. The van der Waals surface area contributed by atoms with Gasteiger partial charge in [-0.15, -0.1) is 0 Å². The summed E-state index contributed by atoms with van der Waals surface area (Å²) in [5.41, 5.74) is 0.891. The summed E-state index contributed by atoms with van der Waals surface area (Å²) in [5.74, 6) is 0. The number of nitrogens with zero attached hydrogens (tertiary/aromatic N) is 1. The Labute approximate surface area is 93.6 Å². The van der Waals surface area contributed by atoms with Gasteiger partial charge in [0.25, 0.3) is 5.69 Å². The fraction of sp³-hybridized carbons (Fsp3) is 0.455. The number of rotatable bonds is 4. The Morgan fingerprint density at radius 3 is 2.75 bits per heavy atom. The summed E-state index contributed by atoms with van der Waals surface area (Å²) in [7, 11) is 0. The fourth-order valence-electron chi connectivity index (χ4n) is 1.80. The van der Waals surface area contributed by atoms with Crippen molar-refractivity contribution in [1.82, 2.24) is 5.32 Å². The van der Waals surface area contributed by atoms with Gasteiger partial charge in [-0.2, -0.15) is 0 Å². The maximum Gasteiger partial charge on any atom is 0.274 e. The minimum atomic E-state index is -0.342. The van der Waals surface area contributed by atoms with Crippen LogP contribution in [0.5, 0.6) is 0 Å². The molecule has 0 radical (unpaired) electrons. The second-order valence-electron chi connectivity index (χ2n) is 3.94. The van der Waals surface area contributed by atoms with Crippen molar-refractivity contribution in [2.75, 3.05) is 13.2 Å². The van der Waals surface area contributed by atoms with Crippen LogP contribution in [-0.2, 0) is 4.74 Å². The van der Waals surface area contributed by atoms with Crippen molar-refractivity contribution < 1.29 is 9.66 Å². The standard InChI is InChI=1S/C11H14N2O3/c1-8(12-9-6-16-7-9)10-4-2-3-5-11(10)13(14)15/h2-5,8-9,12H,6-7H2,1H3. The monoisotopic (exact) mass is 222 g/mol. The molecule has 16 heavy (non-hydrogen) atoms. The zero-order valence-corrected chi connectivity index (χ0v) is 9.05. The van der Waals surface area contributed by atoms with Crippen LogP contribution >= 0.6 is 0 Å². The first-order chi connectivity index (χ1) is 7.68. The van der Waals surface area contributed by atoms with E-state index >= 15 is 0 Å². The molecule has 0 amide bonds. The van der Waals surface area contributed by atoms with Gasteiger partial charge in [0, 0.05) is 17.7 Å². The number of hydrogen-bond acceptors (Lipinski definition) is 4. The number of para-hydroxylation sites is 1. The number of nitrogens with one attached hydrogen (secondary N) is 1.